The zero-order valence-corrected chi connectivity index (χ0v) is 15.9. The van der Waals surface area contributed by atoms with E-state index in [1.54, 1.807) is 44.8 Å². The lowest BCUT2D eigenvalue weighted by Gasteiger charge is -2.11. The number of ether oxygens (including phenoxy) is 3. The molecule has 26 heavy (non-hydrogen) atoms. The topological polar surface area (TPSA) is 69.2 Å². The Kier molecular flexibility index (Phi) is 5.78. The quantitative estimate of drug-likeness (QED) is 0.621. The van der Waals surface area contributed by atoms with Crippen molar-refractivity contribution in [1.82, 2.24) is 5.43 Å². The summed E-state index contributed by atoms with van der Waals surface area (Å²) >= 11 is 1.56. The van der Waals surface area contributed by atoms with E-state index in [0.717, 1.165) is 12.8 Å². The highest BCUT2D eigenvalue weighted by molar-refractivity contribution is 7.14. The van der Waals surface area contributed by atoms with Gasteiger partial charge in [-0.2, -0.15) is 5.10 Å². The molecule has 1 aliphatic rings. The number of fused-ring (bicyclic) bond motifs is 1. The Hall–Kier alpha value is -2.54. The summed E-state index contributed by atoms with van der Waals surface area (Å²) in [6.45, 7) is 0. The van der Waals surface area contributed by atoms with Gasteiger partial charge in [-0.05, 0) is 43.4 Å². The van der Waals surface area contributed by atoms with Gasteiger partial charge in [0.25, 0.3) is 5.91 Å². The number of hydrogen-bond acceptors (Lipinski definition) is 6. The molecule has 0 atom stereocenters. The third-order valence-electron chi connectivity index (χ3n) is 4.33. The second-order valence-electron chi connectivity index (χ2n) is 5.91. The van der Waals surface area contributed by atoms with Gasteiger partial charge in [0.1, 0.15) is 5.75 Å². The van der Waals surface area contributed by atoms with E-state index in [9.17, 15) is 4.79 Å². The fourth-order valence-corrected chi connectivity index (χ4v) is 4.12. The van der Waals surface area contributed by atoms with Gasteiger partial charge in [0, 0.05) is 16.5 Å². The van der Waals surface area contributed by atoms with Crippen molar-refractivity contribution in [3.05, 3.63) is 39.1 Å². The third-order valence-corrected chi connectivity index (χ3v) is 5.56. The number of aryl methyl sites for hydroxylation is 2. The molecule has 0 fully saturated rings. The van der Waals surface area contributed by atoms with E-state index in [-0.39, 0.29) is 5.91 Å². The van der Waals surface area contributed by atoms with Gasteiger partial charge in [-0.1, -0.05) is 0 Å². The summed E-state index contributed by atoms with van der Waals surface area (Å²) in [4.78, 5) is 14.4. The van der Waals surface area contributed by atoms with Gasteiger partial charge in [-0.15, -0.1) is 11.3 Å². The Morgan fingerprint density at radius 2 is 1.73 bits per heavy atom. The highest BCUT2D eigenvalue weighted by Gasteiger charge is 2.17. The van der Waals surface area contributed by atoms with Crippen LogP contribution in [0.25, 0.3) is 0 Å². The SMILES string of the molecule is COc1cc(OC)c(OC)cc1C=NNC(=O)c1cc2c(s1)CCCC2. The highest BCUT2D eigenvalue weighted by Crippen LogP contribution is 2.34. The molecule has 0 radical (unpaired) electrons. The lowest BCUT2D eigenvalue weighted by Crippen LogP contribution is -2.16. The molecule has 0 saturated carbocycles. The maximum Gasteiger partial charge on any atom is 0.281 e. The number of thiophene rings is 1. The van der Waals surface area contributed by atoms with Crippen molar-refractivity contribution < 1.29 is 19.0 Å². The number of nitrogens with zero attached hydrogens (tertiary/aromatic N) is 1. The summed E-state index contributed by atoms with van der Waals surface area (Å²) < 4.78 is 15.9. The van der Waals surface area contributed by atoms with Crippen molar-refractivity contribution in [3.63, 3.8) is 0 Å². The number of methoxy groups -OCH3 is 3. The number of benzene rings is 1. The van der Waals surface area contributed by atoms with Crippen molar-refractivity contribution in [1.29, 1.82) is 0 Å². The van der Waals surface area contributed by atoms with Crippen LogP contribution in [0.5, 0.6) is 17.2 Å². The predicted molar refractivity (Wildman–Crippen MR) is 102 cm³/mol. The molecule has 0 spiro atoms. The second kappa shape index (κ2) is 8.23. The molecular weight excluding hydrogens is 352 g/mol. The molecule has 1 amide bonds. The Balaban J connectivity index is 1.73. The minimum Gasteiger partial charge on any atom is -0.496 e. The number of rotatable bonds is 6. The summed E-state index contributed by atoms with van der Waals surface area (Å²) in [5.74, 6) is 1.51. The fraction of sp³-hybridized carbons (Fsp3) is 0.368. The van der Waals surface area contributed by atoms with Crippen LogP contribution in [0, 0.1) is 0 Å². The van der Waals surface area contributed by atoms with Gasteiger partial charge in [0.05, 0.1) is 32.4 Å². The van der Waals surface area contributed by atoms with Gasteiger partial charge in [-0.3, -0.25) is 4.79 Å². The molecule has 0 aliphatic heterocycles. The molecule has 0 saturated heterocycles. The standard InChI is InChI=1S/C19H22N2O4S/c1-23-14-10-16(25-3)15(24-2)8-13(14)11-20-21-19(22)18-9-12-6-4-5-7-17(12)26-18/h8-11H,4-7H2,1-3H3,(H,21,22). The van der Waals surface area contributed by atoms with E-state index < -0.39 is 0 Å². The molecule has 6 nitrogen and oxygen atoms in total. The maximum atomic E-state index is 12.3. The first-order chi connectivity index (χ1) is 12.7. The van der Waals surface area contributed by atoms with Crippen LogP contribution >= 0.6 is 11.3 Å². The number of hydrogen-bond donors (Lipinski definition) is 1. The van der Waals surface area contributed by atoms with Crippen molar-refractivity contribution in [2.24, 2.45) is 5.10 Å². The molecule has 1 N–H and O–H groups in total. The molecule has 7 heteroatoms. The van der Waals surface area contributed by atoms with E-state index >= 15 is 0 Å². The van der Waals surface area contributed by atoms with E-state index in [1.807, 2.05) is 6.07 Å². The third kappa shape index (κ3) is 3.83. The van der Waals surface area contributed by atoms with Crippen molar-refractivity contribution in [2.45, 2.75) is 25.7 Å². The van der Waals surface area contributed by atoms with E-state index in [1.165, 1.54) is 29.5 Å². The molecule has 0 bridgehead atoms. The predicted octanol–water partition coefficient (Wildman–Crippen LogP) is 3.42. The summed E-state index contributed by atoms with van der Waals surface area (Å²) in [5.41, 5.74) is 4.57. The molecule has 1 aromatic heterocycles. The Morgan fingerprint density at radius 1 is 1.04 bits per heavy atom. The minimum absolute atomic E-state index is 0.194. The van der Waals surface area contributed by atoms with Crippen LogP contribution in [-0.4, -0.2) is 33.5 Å². The van der Waals surface area contributed by atoms with E-state index in [0.29, 0.717) is 27.7 Å². The normalized spacial score (nSPS) is 13.3. The zero-order chi connectivity index (χ0) is 18.5. The molecule has 1 aliphatic carbocycles. The molecule has 3 rings (SSSR count). The van der Waals surface area contributed by atoms with E-state index in [2.05, 4.69) is 10.5 Å². The summed E-state index contributed by atoms with van der Waals surface area (Å²) in [6.07, 6.45) is 6.06. The Morgan fingerprint density at radius 3 is 2.42 bits per heavy atom. The largest absolute Gasteiger partial charge is 0.496 e. The maximum absolute atomic E-state index is 12.3. The summed E-state index contributed by atoms with van der Waals surface area (Å²) in [7, 11) is 4.69. The Bertz CT molecular complexity index is 806. The Labute approximate surface area is 156 Å². The van der Waals surface area contributed by atoms with Crippen LogP contribution in [0.3, 0.4) is 0 Å². The fourth-order valence-electron chi connectivity index (χ4n) is 2.97. The summed E-state index contributed by atoms with van der Waals surface area (Å²) in [6, 6.07) is 5.45. The number of amides is 1. The zero-order valence-electron chi connectivity index (χ0n) is 15.1. The molecule has 0 unspecified atom stereocenters. The first kappa shape index (κ1) is 18.3. The van der Waals surface area contributed by atoms with Crippen LogP contribution in [0.15, 0.2) is 23.3 Å². The van der Waals surface area contributed by atoms with Crippen LogP contribution < -0.4 is 19.6 Å². The first-order valence-corrected chi connectivity index (χ1v) is 9.23. The highest BCUT2D eigenvalue weighted by atomic mass is 32.1. The number of carbonyl (C=O) groups excluding carboxylic acids is 1. The molecule has 1 aromatic carbocycles. The van der Waals surface area contributed by atoms with Gasteiger partial charge in [0.2, 0.25) is 0 Å². The second-order valence-corrected chi connectivity index (χ2v) is 7.05. The smallest absolute Gasteiger partial charge is 0.281 e. The van der Waals surface area contributed by atoms with Crippen molar-refractivity contribution in [3.8, 4) is 17.2 Å². The average Bonchev–Trinajstić information content (AvgIpc) is 3.11. The van der Waals surface area contributed by atoms with Gasteiger partial charge < -0.3 is 14.2 Å². The van der Waals surface area contributed by atoms with Crippen LogP contribution in [0.4, 0.5) is 0 Å². The van der Waals surface area contributed by atoms with Crippen molar-refractivity contribution >= 4 is 23.5 Å². The number of nitrogens with one attached hydrogen (secondary N) is 1. The van der Waals surface area contributed by atoms with Gasteiger partial charge >= 0.3 is 0 Å². The first-order valence-electron chi connectivity index (χ1n) is 8.41. The monoisotopic (exact) mass is 374 g/mol. The van der Waals surface area contributed by atoms with Crippen LogP contribution in [-0.2, 0) is 12.8 Å². The minimum atomic E-state index is -0.194. The molecule has 2 aromatic rings. The number of carbonyl (C=O) groups is 1. The lowest BCUT2D eigenvalue weighted by molar-refractivity contribution is 0.0959. The van der Waals surface area contributed by atoms with E-state index in [4.69, 9.17) is 14.2 Å². The molecule has 138 valence electrons. The number of hydrazone groups is 1. The van der Waals surface area contributed by atoms with Crippen molar-refractivity contribution in [2.75, 3.05) is 21.3 Å². The van der Waals surface area contributed by atoms with Crippen LogP contribution in [0.1, 0.15) is 38.5 Å². The van der Waals surface area contributed by atoms with Crippen LogP contribution in [0.2, 0.25) is 0 Å². The molecule has 1 heterocycles. The average molecular weight is 374 g/mol. The van der Waals surface area contributed by atoms with Gasteiger partial charge in [-0.25, -0.2) is 5.43 Å². The molecular formula is C19H22N2O4S. The summed E-state index contributed by atoms with van der Waals surface area (Å²) in [5, 5.41) is 4.07. The lowest BCUT2D eigenvalue weighted by atomic mass is 9.99. The van der Waals surface area contributed by atoms with Gasteiger partial charge in [0.15, 0.2) is 11.5 Å².